The van der Waals surface area contributed by atoms with Gasteiger partial charge in [-0.2, -0.15) is 8.42 Å². The summed E-state index contributed by atoms with van der Waals surface area (Å²) in [7, 11) is -4.67. The predicted octanol–water partition coefficient (Wildman–Crippen LogP) is 1.11. The van der Waals surface area contributed by atoms with Gasteiger partial charge < -0.3 is 11.7 Å². The molecule has 0 heterocycles. The standard InChI is InChI=1S/C14H29O.Na.H2O4S/c1-3-5-6-7-8-9-10-11-12-13-14-15-4-2;;1-5(2,3)4/h2-14H2,1H3;;(H2,1,2,3,4)/q-1;+1;. The molecule has 21 heavy (non-hydrogen) atoms. The van der Waals surface area contributed by atoms with Gasteiger partial charge in [0, 0.05) is 6.61 Å². The molecule has 0 saturated heterocycles. The molecule has 5 nitrogen and oxygen atoms in total. The van der Waals surface area contributed by atoms with E-state index in [9.17, 15) is 0 Å². The van der Waals surface area contributed by atoms with Crippen LogP contribution >= 0.6 is 0 Å². The quantitative estimate of drug-likeness (QED) is 0.242. The molecule has 0 unspecified atom stereocenters. The molecular formula is C14H31NaO5S. The normalized spacial score (nSPS) is 10.5. The Morgan fingerprint density at radius 3 is 1.52 bits per heavy atom. The maximum absolute atomic E-state index is 8.74. The van der Waals surface area contributed by atoms with E-state index in [0.717, 1.165) is 6.61 Å². The van der Waals surface area contributed by atoms with E-state index in [1.807, 2.05) is 0 Å². The van der Waals surface area contributed by atoms with Crippen molar-refractivity contribution < 1.29 is 51.8 Å². The third kappa shape index (κ3) is 44.9. The zero-order valence-electron chi connectivity index (χ0n) is 13.7. The Morgan fingerprint density at radius 2 is 1.19 bits per heavy atom. The number of ether oxygens (including phenoxy) is 1. The molecule has 0 aromatic rings. The molecule has 0 saturated carbocycles. The zero-order valence-corrected chi connectivity index (χ0v) is 16.5. The van der Waals surface area contributed by atoms with Gasteiger partial charge in [-0.15, -0.1) is 0 Å². The van der Waals surface area contributed by atoms with Crippen molar-refractivity contribution in [3.63, 3.8) is 0 Å². The van der Waals surface area contributed by atoms with Gasteiger partial charge in [0.15, 0.2) is 0 Å². The number of rotatable bonds is 12. The van der Waals surface area contributed by atoms with Crippen LogP contribution < -0.4 is 29.6 Å². The second-order valence-corrected chi connectivity index (χ2v) is 5.64. The third-order valence-electron chi connectivity index (χ3n) is 2.79. The number of unbranched alkanes of at least 4 members (excludes halogenated alkanes) is 9. The predicted molar refractivity (Wildman–Crippen MR) is 82.2 cm³/mol. The van der Waals surface area contributed by atoms with Crippen LogP contribution in [0.2, 0.25) is 0 Å². The summed E-state index contributed by atoms with van der Waals surface area (Å²) in [4.78, 5) is 0. The first-order valence-corrected chi connectivity index (χ1v) is 8.88. The van der Waals surface area contributed by atoms with Gasteiger partial charge in [0.2, 0.25) is 0 Å². The van der Waals surface area contributed by atoms with Crippen molar-refractivity contribution >= 4 is 10.4 Å². The molecule has 0 rings (SSSR count). The van der Waals surface area contributed by atoms with Crippen LogP contribution in [0.3, 0.4) is 0 Å². The number of hydrogen-bond acceptors (Lipinski definition) is 3. The topological polar surface area (TPSA) is 83.8 Å². The van der Waals surface area contributed by atoms with Gasteiger partial charge >= 0.3 is 40.0 Å². The summed E-state index contributed by atoms with van der Waals surface area (Å²) in [6.45, 7) is 7.44. The zero-order chi connectivity index (χ0) is 15.7. The minimum atomic E-state index is -4.67. The van der Waals surface area contributed by atoms with Gasteiger partial charge in [0.05, 0.1) is 0 Å². The average molecular weight is 334 g/mol. The molecule has 0 fully saturated rings. The molecule has 0 radical (unpaired) electrons. The van der Waals surface area contributed by atoms with Crippen LogP contribution in [-0.4, -0.2) is 30.7 Å². The molecule has 0 aliphatic heterocycles. The van der Waals surface area contributed by atoms with Gasteiger partial charge in [-0.25, -0.2) is 0 Å². The van der Waals surface area contributed by atoms with E-state index in [1.54, 1.807) is 0 Å². The summed E-state index contributed by atoms with van der Waals surface area (Å²) in [6, 6.07) is 0. The monoisotopic (exact) mass is 334 g/mol. The molecule has 7 heteroatoms. The maximum atomic E-state index is 8.74. The van der Waals surface area contributed by atoms with Crippen LogP contribution in [0.15, 0.2) is 0 Å². The van der Waals surface area contributed by atoms with Gasteiger partial charge in [-0.3, -0.25) is 9.11 Å². The van der Waals surface area contributed by atoms with E-state index in [2.05, 4.69) is 13.8 Å². The Bertz CT molecular complexity index is 251. The molecule has 0 atom stereocenters. The van der Waals surface area contributed by atoms with Crippen LogP contribution in [0.1, 0.15) is 71.1 Å². The summed E-state index contributed by atoms with van der Waals surface area (Å²) in [5.41, 5.74) is 0. The molecule has 0 bridgehead atoms. The fraction of sp³-hybridized carbons (Fsp3) is 0.929. The van der Waals surface area contributed by atoms with Crippen LogP contribution in [0.4, 0.5) is 0 Å². The van der Waals surface area contributed by atoms with Crippen molar-refractivity contribution in [2.45, 2.75) is 71.1 Å². The van der Waals surface area contributed by atoms with Crippen LogP contribution in [-0.2, 0) is 15.1 Å². The van der Waals surface area contributed by atoms with Crippen molar-refractivity contribution in [2.24, 2.45) is 0 Å². The summed E-state index contributed by atoms with van der Waals surface area (Å²) >= 11 is 0. The van der Waals surface area contributed by atoms with Gasteiger partial charge in [-0.1, -0.05) is 71.3 Å². The fourth-order valence-corrected chi connectivity index (χ4v) is 1.79. The van der Waals surface area contributed by atoms with Gasteiger partial charge in [0.25, 0.3) is 0 Å². The molecule has 0 spiro atoms. The Morgan fingerprint density at radius 1 is 0.857 bits per heavy atom. The first-order chi connectivity index (χ1) is 9.41. The molecule has 0 amide bonds. The van der Waals surface area contributed by atoms with Gasteiger partial charge in [0.1, 0.15) is 0 Å². The molecule has 124 valence electrons. The summed E-state index contributed by atoms with van der Waals surface area (Å²) in [5.74, 6) is 0. The Hall–Kier alpha value is 0.830. The minimum absolute atomic E-state index is 0. The van der Waals surface area contributed by atoms with Crippen molar-refractivity contribution in [3.8, 4) is 0 Å². The van der Waals surface area contributed by atoms with Crippen LogP contribution in [0, 0.1) is 6.92 Å². The van der Waals surface area contributed by atoms with Crippen LogP contribution in [0.5, 0.6) is 0 Å². The average Bonchev–Trinajstić information content (AvgIpc) is 2.34. The molecule has 0 aromatic carbocycles. The van der Waals surface area contributed by atoms with Crippen molar-refractivity contribution in [2.75, 3.05) is 13.2 Å². The Kier molecular flexibility index (Phi) is 26.5. The van der Waals surface area contributed by atoms with E-state index in [0.29, 0.717) is 6.61 Å². The Balaban J connectivity index is -0.000000465. The fourth-order valence-electron chi connectivity index (χ4n) is 1.79. The smallest absolute Gasteiger partial charge is 0.413 e. The molecule has 2 N–H and O–H groups in total. The van der Waals surface area contributed by atoms with Crippen molar-refractivity contribution in [1.82, 2.24) is 0 Å². The summed E-state index contributed by atoms with van der Waals surface area (Å²) in [6.07, 6.45) is 13.9. The SMILES string of the molecule is O=S(=O)(O)O.[CH2-]COCCCCCCCCCCCC.[Na+]. The minimum Gasteiger partial charge on any atom is -0.413 e. The molecule has 0 aromatic heterocycles. The van der Waals surface area contributed by atoms with Gasteiger partial charge in [-0.05, 0) is 6.42 Å². The second kappa shape index (κ2) is 20.8. The van der Waals surface area contributed by atoms with Crippen molar-refractivity contribution in [1.29, 1.82) is 0 Å². The Labute approximate surface area is 153 Å². The van der Waals surface area contributed by atoms with E-state index in [-0.39, 0.29) is 29.6 Å². The molecule has 0 aliphatic carbocycles. The molecular weight excluding hydrogens is 303 g/mol. The van der Waals surface area contributed by atoms with Crippen LogP contribution in [0.25, 0.3) is 0 Å². The molecule has 0 aliphatic rings. The van der Waals surface area contributed by atoms with E-state index < -0.39 is 10.4 Å². The van der Waals surface area contributed by atoms with E-state index >= 15 is 0 Å². The largest absolute Gasteiger partial charge is 1.00 e. The first kappa shape index (κ1) is 26.7. The third-order valence-corrected chi connectivity index (χ3v) is 2.79. The second-order valence-electron chi connectivity index (χ2n) is 4.74. The van der Waals surface area contributed by atoms with E-state index in [4.69, 9.17) is 22.3 Å². The number of hydrogen-bond donors (Lipinski definition) is 2. The van der Waals surface area contributed by atoms with E-state index in [1.165, 1.54) is 64.2 Å². The van der Waals surface area contributed by atoms with Crippen molar-refractivity contribution in [3.05, 3.63) is 6.92 Å². The summed E-state index contributed by atoms with van der Waals surface area (Å²) < 4.78 is 36.8. The summed E-state index contributed by atoms with van der Waals surface area (Å²) in [5, 5.41) is 0. The first-order valence-electron chi connectivity index (χ1n) is 7.48. The maximum Gasteiger partial charge on any atom is 1.00 e.